The Kier molecular flexibility index (Phi) is 5.77. The predicted molar refractivity (Wildman–Crippen MR) is 117 cm³/mol. The van der Waals surface area contributed by atoms with Crippen molar-refractivity contribution in [1.82, 2.24) is 30.2 Å². The molecule has 0 radical (unpaired) electrons. The van der Waals surface area contributed by atoms with Gasteiger partial charge >= 0.3 is 6.18 Å². The van der Waals surface area contributed by atoms with E-state index in [9.17, 15) is 17.6 Å². The Labute approximate surface area is 190 Å². The van der Waals surface area contributed by atoms with E-state index in [1.165, 1.54) is 6.07 Å². The van der Waals surface area contributed by atoms with Crippen molar-refractivity contribution >= 4 is 28.1 Å². The highest BCUT2D eigenvalue weighted by Crippen LogP contribution is 2.35. The number of aromatic amines is 1. The van der Waals surface area contributed by atoms with Crippen LogP contribution in [0.15, 0.2) is 46.0 Å². The first-order valence-corrected chi connectivity index (χ1v) is 10.5. The second kappa shape index (κ2) is 8.89. The van der Waals surface area contributed by atoms with Gasteiger partial charge in [-0.2, -0.15) is 23.3 Å². The van der Waals surface area contributed by atoms with Crippen molar-refractivity contribution in [3.05, 3.63) is 42.4 Å². The molecule has 1 aromatic carbocycles. The number of aliphatic imine (C=N–C) groups is 1. The number of nitrogens with one attached hydrogen (secondary N) is 3. The third kappa shape index (κ3) is 4.64. The van der Waals surface area contributed by atoms with E-state index in [1.807, 2.05) is 0 Å². The minimum Gasteiger partial charge on any atom is -0.361 e. The monoisotopic (exact) mass is 476 g/mol. The number of aromatic nitrogens is 5. The lowest BCUT2D eigenvalue weighted by atomic mass is 10.1. The second-order valence-corrected chi connectivity index (χ2v) is 7.80. The lowest BCUT2D eigenvalue weighted by Gasteiger charge is -2.18. The molecule has 0 unspecified atom stereocenters. The minimum atomic E-state index is -4.49. The van der Waals surface area contributed by atoms with Crippen LogP contribution in [-0.2, 0) is 13.1 Å². The van der Waals surface area contributed by atoms with Crippen LogP contribution < -0.4 is 10.6 Å². The standard InChI is InChI=1S/C21H20F4N8O/c22-13-9-26-6-4-15(13)29-14-2-1-3-16-12(14)8-17(33(16)11-21(23,24)25)20-30-19(34-32-20)10-27-18-5-7-28-31-18/h1-3,5,7-8,13,26H,4,6,9-11H2,(H2,27,28,31)/b29-15+/t13-/m0/s1. The lowest BCUT2D eigenvalue weighted by Crippen LogP contribution is -2.38. The summed E-state index contributed by atoms with van der Waals surface area (Å²) in [6.07, 6.45) is -3.75. The summed E-state index contributed by atoms with van der Waals surface area (Å²) in [6.45, 7) is -0.349. The molecule has 0 saturated carbocycles. The van der Waals surface area contributed by atoms with E-state index < -0.39 is 18.9 Å². The molecule has 1 aliphatic heterocycles. The maximum atomic E-state index is 14.3. The van der Waals surface area contributed by atoms with Gasteiger partial charge in [0.25, 0.3) is 0 Å². The van der Waals surface area contributed by atoms with Gasteiger partial charge in [-0.3, -0.25) is 10.1 Å². The van der Waals surface area contributed by atoms with Crippen molar-refractivity contribution in [2.75, 3.05) is 18.4 Å². The summed E-state index contributed by atoms with van der Waals surface area (Å²) in [7, 11) is 0. The molecule has 178 valence electrons. The van der Waals surface area contributed by atoms with Gasteiger partial charge in [-0.15, -0.1) is 0 Å². The van der Waals surface area contributed by atoms with Crippen molar-refractivity contribution in [1.29, 1.82) is 0 Å². The van der Waals surface area contributed by atoms with Gasteiger partial charge in [-0.1, -0.05) is 11.2 Å². The normalized spacial score (nSPS) is 18.1. The summed E-state index contributed by atoms with van der Waals surface area (Å²) in [5, 5.41) is 16.8. The highest BCUT2D eigenvalue weighted by Gasteiger charge is 2.31. The Morgan fingerprint density at radius 3 is 2.91 bits per heavy atom. The molecule has 1 aliphatic rings. The number of anilines is 1. The number of benzene rings is 1. The average molecular weight is 476 g/mol. The minimum absolute atomic E-state index is 0.00528. The molecule has 9 nitrogen and oxygen atoms in total. The molecule has 3 aromatic heterocycles. The first kappa shape index (κ1) is 22.1. The van der Waals surface area contributed by atoms with Crippen LogP contribution in [0.25, 0.3) is 22.4 Å². The lowest BCUT2D eigenvalue weighted by molar-refractivity contribution is -0.139. The first-order chi connectivity index (χ1) is 16.4. The summed E-state index contributed by atoms with van der Waals surface area (Å²) >= 11 is 0. The molecule has 3 N–H and O–H groups in total. The largest absolute Gasteiger partial charge is 0.406 e. The second-order valence-electron chi connectivity index (χ2n) is 7.80. The van der Waals surface area contributed by atoms with Gasteiger partial charge in [0, 0.05) is 24.9 Å². The summed E-state index contributed by atoms with van der Waals surface area (Å²) in [4.78, 5) is 8.71. The van der Waals surface area contributed by atoms with Crippen LogP contribution in [0.2, 0.25) is 0 Å². The molecule has 4 heterocycles. The zero-order valence-corrected chi connectivity index (χ0v) is 17.7. The number of halogens is 4. The van der Waals surface area contributed by atoms with E-state index in [2.05, 4.69) is 36.0 Å². The molecule has 0 amide bonds. The van der Waals surface area contributed by atoms with Crippen molar-refractivity contribution < 1.29 is 22.1 Å². The highest BCUT2D eigenvalue weighted by molar-refractivity contribution is 5.99. The highest BCUT2D eigenvalue weighted by atomic mass is 19.4. The molecule has 13 heteroatoms. The molecular weight excluding hydrogens is 456 g/mol. The van der Waals surface area contributed by atoms with E-state index in [0.29, 0.717) is 41.1 Å². The fourth-order valence-corrected chi connectivity index (χ4v) is 3.86. The number of alkyl halides is 4. The molecule has 1 saturated heterocycles. The van der Waals surface area contributed by atoms with E-state index in [4.69, 9.17) is 4.52 Å². The van der Waals surface area contributed by atoms with Crippen LogP contribution in [-0.4, -0.2) is 56.1 Å². The molecule has 1 atom stereocenters. The Hall–Kier alpha value is -3.74. The third-order valence-electron chi connectivity index (χ3n) is 5.40. The zero-order chi connectivity index (χ0) is 23.7. The number of hydrogen-bond acceptors (Lipinski definition) is 7. The van der Waals surface area contributed by atoms with E-state index in [-0.39, 0.29) is 30.5 Å². The third-order valence-corrected chi connectivity index (χ3v) is 5.40. The van der Waals surface area contributed by atoms with Gasteiger partial charge in [0.05, 0.1) is 35.4 Å². The first-order valence-electron chi connectivity index (χ1n) is 10.5. The van der Waals surface area contributed by atoms with Crippen LogP contribution in [0.1, 0.15) is 12.3 Å². The van der Waals surface area contributed by atoms with Gasteiger partial charge in [0.2, 0.25) is 11.7 Å². The van der Waals surface area contributed by atoms with Crippen LogP contribution >= 0.6 is 0 Å². The molecule has 4 aromatic rings. The summed E-state index contributed by atoms with van der Waals surface area (Å²) in [6, 6.07) is 8.05. The number of rotatable bonds is 6. The Morgan fingerprint density at radius 2 is 2.15 bits per heavy atom. The Morgan fingerprint density at radius 1 is 1.26 bits per heavy atom. The van der Waals surface area contributed by atoms with Crippen LogP contribution in [0.3, 0.4) is 0 Å². The summed E-state index contributed by atoms with van der Waals surface area (Å²) in [5.74, 6) is 0.813. The molecular formula is C21H20F4N8O. The number of fused-ring (bicyclic) bond motifs is 1. The maximum absolute atomic E-state index is 14.3. The molecule has 5 rings (SSSR count). The molecule has 1 fully saturated rings. The molecule has 34 heavy (non-hydrogen) atoms. The number of piperidine rings is 1. The van der Waals surface area contributed by atoms with Crippen LogP contribution in [0, 0.1) is 0 Å². The number of H-pyrrole nitrogens is 1. The average Bonchev–Trinajstić information content (AvgIpc) is 3.54. The molecule has 0 bridgehead atoms. The number of nitrogens with zero attached hydrogens (tertiary/aromatic N) is 5. The SMILES string of the molecule is F[C@H]1CNCC/C1=N\c1cccc2c1cc(-c1noc(CNc3ccn[nH]3)n1)n2CC(F)(F)F. The van der Waals surface area contributed by atoms with Crippen molar-refractivity contribution in [3.63, 3.8) is 0 Å². The topological polar surface area (TPSA) is 109 Å². The van der Waals surface area contributed by atoms with E-state index in [1.54, 1.807) is 30.5 Å². The summed E-state index contributed by atoms with van der Waals surface area (Å²) in [5.41, 5.74) is 1.17. The van der Waals surface area contributed by atoms with Gasteiger partial charge in [-0.25, -0.2) is 4.39 Å². The van der Waals surface area contributed by atoms with Gasteiger partial charge in [0.1, 0.15) is 12.4 Å². The van der Waals surface area contributed by atoms with Gasteiger partial charge in [0.15, 0.2) is 6.17 Å². The number of hydrogen-bond donors (Lipinski definition) is 3. The fraction of sp³-hybridized carbons (Fsp3) is 0.333. The Bertz CT molecular complexity index is 1310. The van der Waals surface area contributed by atoms with E-state index in [0.717, 1.165) is 4.57 Å². The molecule has 0 spiro atoms. The maximum Gasteiger partial charge on any atom is 0.406 e. The Balaban J connectivity index is 1.54. The van der Waals surface area contributed by atoms with Crippen molar-refractivity contribution in [3.8, 4) is 11.5 Å². The zero-order valence-electron chi connectivity index (χ0n) is 17.7. The predicted octanol–water partition coefficient (Wildman–Crippen LogP) is 3.99. The summed E-state index contributed by atoms with van der Waals surface area (Å²) < 4.78 is 61.0. The quantitative estimate of drug-likeness (QED) is 0.363. The van der Waals surface area contributed by atoms with Crippen molar-refractivity contribution in [2.24, 2.45) is 4.99 Å². The van der Waals surface area contributed by atoms with Gasteiger partial charge in [-0.05, 0) is 24.3 Å². The van der Waals surface area contributed by atoms with Crippen LogP contribution in [0.4, 0.5) is 29.1 Å². The fourth-order valence-electron chi connectivity index (χ4n) is 3.86. The smallest absolute Gasteiger partial charge is 0.361 e. The van der Waals surface area contributed by atoms with Crippen molar-refractivity contribution in [2.45, 2.75) is 31.9 Å². The molecule has 0 aliphatic carbocycles. The van der Waals surface area contributed by atoms with E-state index >= 15 is 0 Å². The van der Waals surface area contributed by atoms with Crippen LogP contribution in [0.5, 0.6) is 0 Å². The van der Waals surface area contributed by atoms with Gasteiger partial charge < -0.3 is 19.7 Å².